The van der Waals surface area contributed by atoms with Crippen molar-refractivity contribution in [1.82, 2.24) is 20.3 Å². The van der Waals surface area contributed by atoms with Crippen molar-refractivity contribution in [2.75, 3.05) is 6.54 Å². The summed E-state index contributed by atoms with van der Waals surface area (Å²) < 4.78 is 1.73. The number of aryl methyl sites for hydroxylation is 2. The maximum absolute atomic E-state index is 12.1. The van der Waals surface area contributed by atoms with Gasteiger partial charge in [-0.2, -0.15) is 0 Å². The van der Waals surface area contributed by atoms with Crippen LogP contribution in [0, 0.1) is 20.8 Å². The average molecular weight is 286 g/mol. The molecule has 112 valence electrons. The third kappa shape index (κ3) is 3.29. The van der Waals surface area contributed by atoms with E-state index in [1.54, 1.807) is 4.68 Å². The SMILES string of the molecule is CCCCNC(=O)c1nnn(-c2ccc(C)cc2C)c1C. The number of hydrogen-bond donors (Lipinski definition) is 1. The van der Waals surface area contributed by atoms with Crippen LogP contribution in [0.25, 0.3) is 5.69 Å². The fourth-order valence-electron chi connectivity index (χ4n) is 2.27. The lowest BCUT2D eigenvalue weighted by molar-refractivity contribution is 0.0947. The number of aromatic nitrogens is 3. The van der Waals surface area contributed by atoms with E-state index in [-0.39, 0.29) is 5.91 Å². The molecule has 21 heavy (non-hydrogen) atoms. The van der Waals surface area contributed by atoms with E-state index in [9.17, 15) is 4.79 Å². The van der Waals surface area contributed by atoms with Crippen LogP contribution in [0.15, 0.2) is 18.2 Å². The third-order valence-corrected chi connectivity index (χ3v) is 3.51. The summed E-state index contributed by atoms with van der Waals surface area (Å²) in [6.07, 6.45) is 2.02. The standard InChI is InChI=1S/C16H22N4O/c1-5-6-9-17-16(21)15-13(4)20(19-18-15)14-8-7-11(2)10-12(14)3/h7-8,10H,5-6,9H2,1-4H3,(H,17,21). The maximum Gasteiger partial charge on any atom is 0.273 e. The van der Waals surface area contributed by atoms with Crippen molar-refractivity contribution in [2.24, 2.45) is 0 Å². The second-order valence-corrected chi connectivity index (χ2v) is 5.33. The molecule has 5 heteroatoms. The minimum atomic E-state index is -0.156. The molecule has 5 nitrogen and oxygen atoms in total. The van der Waals surface area contributed by atoms with Gasteiger partial charge >= 0.3 is 0 Å². The van der Waals surface area contributed by atoms with Gasteiger partial charge in [0.05, 0.1) is 11.4 Å². The van der Waals surface area contributed by atoms with Gasteiger partial charge in [-0.1, -0.05) is 36.3 Å². The summed E-state index contributed by atoms with van der Waals surface area (Å²) in [6.45, 7) is 8.72. The highest BCUT2D eigenvalue weighted by atomic mass is 16.2. The molecule has 2 aromatic rings. The van der Waals surface area contributed by atoms with E-state index in [1.165, 1.54) is 5.56 Å². The van der Waals surface area contributed by atoms with Crippen LogP contribution in [-0.2, 0) is 0 Å². The minimum Gasteiger partial charge on any atom is -0.351 e. The summed E-state index contributed by atoms with van der Waals surface area (Å²) in [5.74, 6) is -0.156. The molecule has 0 saturated heterocycles. The Bertz CT molecular complexity index is 646. The summed E-state index contributed by atoms with van der Waals surface area (Å²) in [5.41, 5.74) is 4.42. The Balaban J connectivity index is 2.26. The molecule has 1 N–H and O–H groups in total. The molecule has 2 rings (SSSR count). The predicted octanol–water partition coefficient (Wildman–Crippen LogP) is 2.72. The zero-order valence-corrected chi connectivity index (χ0v) is 13.1. The number of amides is 1. The van der Waals surface area contributed by atoms with Crippen molar-refractivity contribution < 1.29 is 4.79 Å². The van der Waals surface area contributed by atoms with Crippen molar-refractivity contribution in [2.45, 2.75) is 40.5 Å². The molecule has 0 spiro atoms. The number of hydrogen-bond acceptors (Lipinski definition) is 3. The van der Waals surface area contributed by atoms with Crippen LogP contribution < -0.4 is 5.32 Å². The molecule has 0 fully saturated rings. The van der Waals surface area contributed by atoms with E-state index in [0.29, 0.717) is 12.2 Å². The maximum atomic E-state index is 12.1. The number of rotatable bonds is 5. The van der Waals surface area contributed by atoms with Crippen molar-refractivity contribution in [3.05, 3.63) is 40.7 Å². The van der Waals surface area contributed by atoms with Crippen LogP contribution >= 0.6 is 0 Å². The lowest BCUT2D eigenvalue weighted by atomic mass is 10.1. The van der Waals surface area contributed by atoms with Crippen molar-refractivity contribution in [1.29, 1.82) is 0 Å². The zero-order chi connectivity index (χ0) is 15.4. The van der Waals surface area contributed by atoms with Gasteiger partial charge in [0.15, 0.2) is 5.69 Å². The molecule has 1 amide bonds. The summed E-state index contributed by atoms with van der Waals surface area (Å²) >= 11 is 0. The van der Waals surface area contributed by atoms with Gasteiger partial charge in [0, 0.05) is 6.54 Å². The Hall–Kier alpha value is -2.17. The number of benzene rings is 1. The van der Waals surface area contributed by atoms with E-state index in [4.69, 9.17) is 0 Å². The predicted molar refractivity (Wildman–Crippen MR) is 82.8 cm³/mol. The zero-order valence-electron chi connectivity index (χ0n) is 13.1. The van der Waals surface area contributed by atoms with E-state index < -0.39 is 0 Å². The lowest BCUT2D eigenvalue weighted by Gasteiger charge is -2.08. The van der Waals surface area contributed by atoms with E-state index in [0.717, 1.165) is 29.8 Å². The van der Waals surface area contributed by atoms with Gasteiger partial charge in [-0.05, 0) is 38.8 Å². The van der Waals surface area contributed by atoms with Crippen LogP contribution in [-0.4, -0.2) is 27.4 Å². The summed E-state index contributed by atoms with van der Waals surface area (Å²) in [6, 6.07) is 6.13. The first-order valence-corrected chi connectivity index (χ1v) is 7.32. The first kappa shape index (κ1) is 15.2. The Morgan fingerprint density at radius 2 is 2.05 bits per heavy atom. The van der Waals surface area contributed by atoms with Gasteiger partial charge < -0.3 is 5.32 Å². The van der Waals surface area contributed by atoms with Gasteiger partial charge in [0.2, 0.25) is 0 Å². The second kappa shape index (κ2) is 6.52. The molecule has 1 aromatic carbocycles. The first-order chi connectivity index (χ1) is 10.0. The van der Waals surface area contributed by atoms with Crippen LogP contribution in [0.4, 0.5) is 0 Å². The average Bonchev–Trinajstić information content (AvgIpc) is 2.81. The molecular formula is C16H22N4O. The highest BCUT2D eigenvalue weighted by Crippen LogP contribution is 2.17. The quantitative estimate of drug-likeness (QED) is 0.860. The molecule has 0 aliphatic heterocycles. The lowest BCUT2D eigenvalue weighted by Crippen LogP contribution is -2.25. The smallest absolute Gasteiger partial charge is 0.273 e. The van der Waals surface area contributed by atoms with Gasteiger partial charge in [-0.15, -0.1) is 5.10 Å². The molecule has 1 heterocycles. The topological polar surface area (TPSA) is 59.8 Å². The molecule has 1 aromatic heterocycles. The van der Waals surface area contributed by atoms with Gasteiger partial charge in [-0.25, -0.2) is 4.68 Å². The molecule has 0 saturated carbocycles. The molecule has 0 aliphatic rings. The molecule has 0 atom stereocenters. The third-order valence-electron chi connectivity index (χ3n) is 3.51. The van der Waals surface area contributed by atoms with Gasteiger partial charge in [-0.3, -0.25) is 4.79 Å². The first-order valence-electron chi connectivity index (χ1n) is 7.32. The number of carbonyl (C=O) groups is 1. The van der Waals surface area contributed by atoms with Crippen molar-refractivity contribution in [3.8, 4) is 5.69 Å². The van der Waals surface area contributed by atoms with Crippen LogP contribution in [0.1, 0.15) is 47.1 Å². The number of nitrogens with zero attached hydrogens (tertiary/aromatic N) is 3. The van der Waals surface area contributed by atoms with E-state index >= 15 is 0 Å². The summed E-state index contributed by atoms with van der Waals surface area (Å²) in [5, 5.41) is 11.0. The van der Waals surface area contributed by atoms with Crippen molar-refractivity contribution in [3.63, 3.8) is 0 Å². The molecular weight excluding hydrogens is 264 g/mol. The van der Waals surface area contributed by atoms with Crippen LogP contribution in [0.5, 0.6) is 0 Å². The Kier molecular flexibility index (Phi) is 4.73. The molecule has 0 radical (unpaired) electrons. The summed E-state index contributed by atoms with van der Waals surface area (Å²) in [4.78, 5) is 12.1. The molecule has 0 aliphatic carbocycles. The highest BCUT2D eigenvalue weighted by molar-refractivity contribution is 5.93. The van der Waals surface area contributed by atoms with Crippen LogP contribution in [0.2, 0.25) is 0 Å². The summed E-state index contributed by atoms with van der Waals surface area (Å²) in [7, 11) is 0. The van der Waals surface area contributed by atoms with Gasteiger partial charge in [0.25, 0.3) is 5.91 Å². The van der Waals surface area contributed by atoms with E-state index in [2.05, 4.69) is 35.5 Å². The number of unbranched alkanes of at least 4 members (excludes halogenated alkanes) is 1. The monoisotopic (exact) mass is 286 g/mol. The molecule has 0 unspecified atom stereocenters. The normalized spacial score (nSPS) is 10.7. The number of carbonyl (C=O) groups excluding carboxylic acids is 1. The fourth-order valence-corrected chi connectivity index (χ4v) is 2.27. The van der Waals surface area contributed by atoms with Crippen LogP contribution in [0.3, 0.4) is 0 Å². The van der Waals surface area contributed by atoms with E-state index in [1.807, 2.05) is 26.0 Å². The second-order valence-electron chi connectivity index (χ2n) is 5.33. The Labute approximate surface area is 125 Å². The minimum absolute atomic E-state index is 0.156. The van der Waals surface area contributed by atoms with Gasteiger partial charge in [0.1, 0.15) is 0 Å². The largest absolute Gasteiger partial charge is 0.351 e. The fraction of sp³-hybridized carbons (Fsp3) is 0.438. The Morgan fingerprint density at radius 3 is 2.71 bits per heavy atom. The highest BCUT2D eigenvalue weighted by Gasteiger charge is 2.17. The Morgan fingerprint density at radius 1 is 1.29 bits per heavy atom. The number of nitrogens with one attached hydrogen (secondary N) is 1. The molecule has 0 bridgehead atoms. The van der Waals surface area contributed by atoms with Crippen molar-refractivity contribution >= 4 is 5.91 Å².